The van der Waals surface area contributed by atoms with Gasteiger partial charge in [-0.25, -0.2) is 14.4 Å². The van der Waals surface area contributed by atoms with Gasteiger partial charge in [0.25, 0.3) is 0 Å². The topological polar surface area (TPSA) is 69.4 Å². The Morgan fingerprint density at radius 1 is 0.900 bits per heavy atom. The Balaban J connectivity index is 1.60. The van der Waals surface area contributed by atoms with E-state index in [0.29, 0.717) is 27.6 Å². The van der Waals surface area contributed by atoms with Crippen molar-refractivity contribution >= 4 is 22.7 Å². The van der Waals surface area contributed by atoms with E-state index in [0.717, 1.165) is 17.0 Å². The Morgan fingerprint density at radius 3 is 2.57 bits per heavy atom. The number of hydrogen-bond acceptors (Lipinski definition) is 6. The standard InChI is InChI=1S/C22H15FN6S/c23-17-6-7-19-18(12-17)21(26-14-25-19)30-22-28-27-20(16-8-10-24-11-9-16)29(22)13-15-4-2-1-3-5-15/h1-12,14H,13H2. The van der Waals surface area contributed by atoms with Crippen molar-refractivity contribution in [2.24, 2.45) is 0 Å². The predicted molar refractivity (Wildman–Crippen MR) is 112 cm³/mol. The highest BCUT2D eigenvalue weighted by molar-refractivity contribution is 7.99. The number of benzene rings is 2. The molecule has 5 aromatic rings. The third-order valence-corrected chi connectivity index (χ3v) is 5.59. The van der Waals surface area contributed by atoms with E-state index in [1.165, 1.54) is 30.2 Å². The molecule has 0 radical (unpaired) electrons. The molecular formula is C22H15FN6S. The van der Waals surface area contributed by atoms with Crippen molar-refractivity contribution in [1.29, 1.82) is 0 Å². The summed E-state index contributed by atoms with van der Waals surface area (Å²) < 4.78 is 15.9. The van der Waals surface area contributed by atoms with Crippen LogP contribution in [0.25, 0.3) is 22.3 Å². The van der Waals surface area contributed by atoms with Crippen molar-refractivity contribution in [2.45, 2.75) is 16.7 Å². The maximum Gasteiger partial charge on any atom is 0.198 e. The number of aromatic nitrogens is 6. The number of halogens is 1. The summed E-state index contributed by atoms with van der Waals surface area (Å²) in [6.07, 6.45) is 4.93. The zero-order valence-electron chi connectivity index (χ0n) is 15.7. The van der Waals surface area contributed by atoms with Gasteiger partial charge in [0.1, 0.15) is 17.2 Å². The molecule has 0 unspecified atom stereocenters. The molecule has 3 heterocycles. The van der Waals surface area contributed by atoms with Gasteiger partial charge in [0.15, 0.2) is 11.0 Å². The zero-order chi connectivity index (χ0) is 20.3. The Kier molecular flexibility index (Phi) is 4.90. The first-order chi connectivity index (χ1) is 14.8. The summed E-state index contributed by atoms with van der Waals surface area (Å²) in [7, 11) is 0. The maximum absolute atomic E-state index is 13.8. The molecule has 0 aliphatic carbocycles. The van der Waals surface area contributed by atoms with E-state index in [4.69, 9.17) is 0 Å². The number of nitrogens with zero attached hydrogens (tertiary/aromatic N) is 6. The summed E-state index contributed by atoms with van der Waals surface area (Å²) in [5.41, 5.74) is 2.71. The lowest BCUT2D eigenvalue weighted by Crippen LogP contribution is -2.04. The molecule has 30 heavy (non-hydrogen) atoms. The van der Waals surface area contributed by atoms with Gasteiger partial charge in [-0.3, -0.25) is 9.55 Å². The van der Waals surface area contributed by atoms with Crippen LogP contribution >= 0.6 is 11.8 Å². The van der Waals surface area contributed by atoms with Gasteiger partial charge in [0.2, 0.25) is 0 Å². The van der Waals surface area contributed by atoms with Gasteiger partial charge in [-0.2, -0.15) is 0 Å². The Hall–Kier alpha value is -3.65. The van der Waals surface area contributed by atoms with Gasteiger partial charge in [0, 0.05) is 23.3 Å². The smallest absolute Gasteiger partial charge is 0.198 e. The van der Waals surface area contributed by atoms with E-state index in [2.05, 4.69) is 37.3 Å². The average Bonchev–Trinajstić information content (AvgIpc) is 3.17. The number of fused-ring (bicyclic) bond motifs is 1. The molecule has 146 valence electrons. The number of hydrogen-bond donors (Lipinski definition) is 0. The Morgan fingerprint density at radius 2 is 1.73 bits per heavy atom. The second kappa shape index (κ2) is 8.00. The van der Waals surface area contributed by atoms with Crippen LogP contribution in [0.15, 0.2) is 89.6 Å². The van der Waals surface area contributed by atoms with Gasteiger partial charge >= 0.3 is 0 Å². The van der Waals surface area contributed by atoms with Crippen LogP contribution in [0.2, 0.25) is 0 Å². The molecule has 3 aromatic heterocycles. The lowest BCUT2D eigenvalue weighted by Gasteiger charge is -2.11. The van der Waals surface area contributed by atoms with Crippen LogP contribution in [-0.4, -0.2) is 29.7 Å². The van der Waals surface area contributed by atoms with E-state index in [-0.39, 0.29) is 5.82 Å². The summed E-state index contributed by atoms with van der Waals surface area (Å²) in [6, 6.07) is 18.4. The first-order valence-electron chi connectivity index (χ1n) is 9.23. The molecule has 0 spiro atoms. The minimum atomic E-state index is -0.331. The Bertz CT molecular complexity index is 1310. The van der Waals surface area contributed by atoms with Gasteiger partial charge < -0.3 is 0 Å². The van der Waals surface area contributed by atoms with E-state index in [9.17, 15) is 4.39 Å². The number of rotatable bonds is 5. The SMILES string of the molecule is Fc1ccc2ncnc(Sc3nnc(-c4ccncc4)n3Cc3ccccc3)c2c1. The minimum absolute atomic E-state index is 0.331. The summed E-state index contributed by atoms with van der Waals surface area (Å²) in [4.78, 5) is 12.7. The molecule has 0 saturated carbocycles. The van der Waals surface area contributed by atoms with Crippen molar-refractivity contribution in [2.75, 3.05) is 0 Å². The lowest BCUT2D eigenvalue weighted by molar-refractivity contribution is 0.629. The molecule has 0 N–H and O–H groups in total. The summed E-state index contributed by atoms with van der Waals surface area (Å²) in [5.74, 6) is 0.399. The molecular weight excluding hydrogens is 399 g/mol. The van der Waals surface area contributed by atoms with Crippen molar-refractivity contribution < 1.29 is 4.39 Å². The highest BCUT2D eigenvalue weighted by atomic mass is 32.2. The van der Waals surface area contributed by atoms with Crippen LogP contribution < -0.4 is 0 Å². The van der Waals surface area contributed by atoms with Crippen LogP contribution in [-0.2, 0) is 6.54 Å². The van der Waals surface area contributed by atoms with Crippen LogP contribution in [0.1, 0.15) is 5.56 Å². The molecule has 8 heteroatoms. The molecule has 0 fully saturated rings. The largest absolute Gasteiger partial charge is 0.297 e. The lowest BCUT2D eigenvalue weighted by atomic mass is 10.2. The molecule has 0 aliphatic heterocycles. The van der Waals surface area contributed by atoms with Crippen molar-refractivity contribution in [3.05, 3.63) is 90.8 Å². The molecule has 0 amide bonds. The molecule has 0 bridgehead atoms. The maximum atomic E-state index is 13.8. The van der Waals surface area contributed by atoms with Crippen molar-refractivity contribution in [1.82, 2.24) is 29.7 Å². The van der Waals surface area contributed by atoms with Gasteiger partial charge in [-0.05, 0) is 47.7 Å². The molecule has 0 saturated heterocycles. The molecule has 6 nitrogen and oxygen atoms in total. The van der Waals surface area contributed by atoms with Gasteiger partial charge in [-0.1, -0.05) is 30.3 Å². The number of pyridine rings is 1. The van der Waals surface area contributed by atoms with Crippen LogP contribution in [0, 0.1) is 5.82 Å². The van der Waals surface area contributed by atoms with E-state index < -0.39 is 0 Å². The van der Waals surface area contributed by atoms with Crippen molar-refractivity contribution in [3.63, 3.8) is 0 Å². The molecule has 0 aliphatic rings. The first kappa shape index (κ1) is 18.4. The van der Waals surface area contributed by atoms with Crippen LogP contribution in [0.4, 0.5) is 4.39 Å². The first-order valence-corrected chi connectivity index (χ1v) is 10.1. The fourth-order valence-corrected chi connectivity index (χ4v) is 4.05. The van der Waals surface area contributed by atoms with E-state index >= 15 is 0 Å². The molecule has 2 aromatic carbocycles. The molecule has 0 atom stereocenters. The normalized spacial score (nSPS) is 11.1. The zero-order valence-corrected chi connectivity index (χ0v) is 16.5. The van der Waals surface area contributed by atoms with E-state index in [1.807, 2.05) is 34.9 Å². The van der Waals surface area contributed by atoms with Gasteiger partial charge in [-0.15, -0.1) is 10.2 Å². The van der Waals surface area contributed by atoms with E-state index in [1.54, 1.807) is 18.5 Å². The second-order valence-corrected chi connectivity index (χ2v) is 7.51. The van der Waals surface area contributed by atoms with Crippen molar-refractivity contribution in [3.8, 4) is 11.4 Å². The van der Waals surface area contributed by atoms with Gasteiger partial charge in [0.05, 0.1) is 12.1 Å². The third-order valence-electron chi connectivity index (χ3n) is 4.59. The Labute approximate surface area is 175 Å². The summed E-state index contributed by atoms with van der Waals surface area (Å²) in [6.45, 7) is 0.588. The quantitative estimate of drug-likeness (QED) is 0.391. The van der Waals surface area contributed by atoms with Crippen LogP contribution in [0.5, 0.6) is 0 Å². The average molecular weight is 414 g/mol. The highest BCUT2D eigenvalue weighted by Crippen LogP contribution is 2.32. The van der Waals surface area contributed by atoms with Crippen LogP contribution in [0.3, 0.4) is 0 Å². The minimum Gasteiger partial charge on any atom is -0.297 e. The third kappa shape index (κ3) is 3.65. The monoisotopic (exact) mass is 414 g/mol. The highest BCUT2D eigenvalue weighted by Gasteiger charge is 2.17. The predicted octanol–water partition coefficient (Wildman–Crippen LogP) is 4.62. The summed E-state index contributed by atoms with van der Waals surface area (Å²) in [5, 5.41) is 10.8. The second-order valence-electron chi connectivity index (χ2n) is 6.56. The fraction of sp³-hybridized carbons (Fsp3) is 0.0455. The fourth-order valence-electron chi connectivity index (χ4n) is 3.16. The summed E-state index contributed by atoms with van der Waals surface area (Å²) >= 11 is 1.34. The molecule has 5 rings (SSSR count).